The first-order valence-corrected chi connectivity index (χ1v) is 6.07. The fourth-order valence-corrected chi connectivity index (χ4v) is 2.13. The normalized spacial score (nSPS) is 17.3. The summed E-state index contributed by atoms with van der Waals surface area (Å²) in [4.78, 5) is 20.2. The van der Waals surface area contributed by atoms with Crippen molar-refractivity contribution >= 4 is 17.0 Å². The number of benzene rings is 1. The number of nitrogens with zero attached hydrogens (tertiary/aromatic N) is 3. The fraction of sp³-hybridized carbons (Fsp3) is 0.385. The van der Waals surface area contributed by atoms with Crippen LogP contribution in [0.1, 0.15) is 0 Å². The van der Waals surface area contributed by atoms with Gasteiger partial charge in [0.15, 0.2) is 0 Å². The van der Waals surface area contributed by atoms with Gasteiger partial charge in [0.25, 0.3) is 5.56 Å². The molecule has 1 saturated heterocycles. The second-order valence-corrected chi connectivity index (χ2v) is 4.59. The van der Waals surface area contributed by atoms with Crippen LogP contribution in [0.25, 0.3) is 11.0 Å². The van der Waals surface area contributed by atoms with Crippen molar-refractivity contribution in [2.75, 3.05) is 38.1 Å². The van der Waals surface area contributed by atoms with Gasteiger partial charge < -0.3 is 14.2 Å². The van der Waals surface area contributed by atoms with Crippen LogP contribution in [0.3, 0.4) is 0 Å². The lowest BCUT2D eigenvalue weighted by atomic mass is 10.2. The fourth-order valence-electron chi connectivity index (χ4n) is 2.13. The summed E-state index contributed by atoms with van der Waals surface area (Å²) in [5.41, 5.74) is 0.386. The summed E-state index contributed by atoms with van der Waals surface area (Å²) in [6.07, 6.45) is 0. The first-order chi connectivity index (χ1) is 8.74. The van der Waals surface area contributed by atoms with Crippen molar-refractivity contribution in [1.82, 2.24) is 9.88 Å². The Kier molecular flexibility index (Phi) is 2.76. The molecule has 1 aromatic heterocycles. The quantitative estimate of drug-likeness (QED) is 0.748. The lowest BCUT2D eigenvalue weighted by Gasteiger charge is -2.31. The van der Waals surface area contributed by atoms with Gasteiger partial charge in [0.1, 0.15) is 5.58 Å². The minimum Gasteiger partial charge on any atom is -0.425 e. The van der Waals surface area contributed by atoms with E-state index in [0.29, 0.717) is 17.0 Å². The van der Waals surface area contributed by atoms with Gasteiger partial charge in [-0.1, -0.05) is 12.1 Å². The lowest BCUT2D eigenvalue weighted by molar-refractivity contribution is 0.304. The minimum atomic E-state index is -0.217. The molecule has 0 atom stereocenters. The Labute approximate surface area is 105 Å². The third-order valence-corrected chi connectivity index (χ3v) is 3.29. The molecule has 1 fully saturated rings. The zero-order valence-electron chi connectivity index (χ0n) is 10.3. The van der Waals surface area contributed by atoms with Gasteiger partial charge in [-0.15, -0.1) is 0 Å². The number of likely N-dealkylation sites (N-methyl/N-ethyl adjacent to an activating group) is 1. The molecule has 0 aliphatic carbocycles. The molecule has 0 radical (unpaired) electrons. The Morgan fingerprint density at radius 1 is 1.17 bits per heavy atom. The molecule has 1 aliphatic heterocycles. The molecular formula is C13H15N3O2. The summed E-state index contributed by atoms with van der Waals surface area (Å²) in [6.45, 7) is 3.59. The van der Waals surface area contributed by atoms with Crippen molar-refractivity contribution in [3.8, 4) is 0 Å². The second kappa shape index (κ2) is 4.42. The van der Waals surface area contributed by atoms with Crippen molar-refractivity contribution in [3.05, 3.63) is 34.6 Å². The maximum absolute atomic E-state index is 11.9. The lowest BCUT2D eigenvalue weighted by Crippen LogP contribution is -2.45. The zero-order chi connectivity index (χ0) is 12.5. The first-order valence-electron chi connectivity index (χ1n) is 6.07. The summed E-state index contributed by atoms with van der Waals surface area (Å²) in [5, 5.41) is 0.537. The van der Waals surface area contributed by atoms with Crippen molar-refractivity contribution in [1.29, 1.82) is 0 Å². The molecule has 2 heterocycles. The van der Waals surface area contributed by atoms with E-state index in [1.807, 2.05) is 17.0 Å². The van der Waals surface area contributed by atoms with Gasteiger partial charge in [0.05, 0.1) is 5.39 Å². The Bertz CT molecular complexity index is 615. The van der Waals surface area contributed by atoms with Gasteiger partial charge in [-0.25, -0.2) is 0 Å². The van der Waals surface area contributed by atoms with Crippen LogP contribution < -0.4 is 10.5 Å². The third-order valence-electron chi connectivity index (χ3n) is 3.29. The summed E-state index contributed by atoms with van der Waals surface area (Å²) in [7, 11) is 2.08. The Hall–Kier alpha value is -1.88. The monoisotopic (exact) mass is 245 g/mol. The number of aromatic nitrogens is 1. The van der Waals surface area contributed by atoms with E-state index in [4.69, 9.17) is 4.42 Å². The van der Waals surface area contributed by atoms with E-state index in [2.05, 4.69) is 16.9 Å². The van der Waals surface area contributed by atoms with Crippen molar-refractivity contribution in [2.45, 2.75) is 0 Å². The number of hydrogen-bond acceptors (Lipinski definition) is 5. The van der Waals surface area contributed by atoms with E-state index >= 15 is 0 Å². The molecule has 5 heteroatoms. The van der Waals surface area contributed by atoms with Gasteiger partial charge >= 0.3 is 6.01 Å². The van der Waals surface area contributed by atoms with Gasteiger partial charge in [-0.05, 0) is 19.2 Å². The molecule has 0 spiro atoms. The number of hydrogen-bond donors (Lipinski definition) is 0. The van der Waals surface area contributed by atoms with Crippen molar-refractivity contribution < 1.29 is 4.42 Å². The van der Waals surface area contributed by atoms with E-state index < -0.39 is 0 Å². The van der Waals surface area contributed by atoms with Crippen LogP contribution >= 0.6 is 0 Å². The number of anilines is 1. The highest BCUT2D eigenvalue weighted by atomic mass is 16.4. The maximum Gasteiger partial charge on any atom is 0.301 e. The molecule has 5 nitrogen and oxygen atoms in total. The van der Waals surface area contributed by atoms with E-state index in [1.54, 1.807) is 12.1 Å². The summed E-state index contributed by atoms with van der Waals surface area (Å²) in [5.74, 6) is 0. The standard InChI is InChI=1S/C13H15N3O2/c1-15-6-8-16(9-7-15)13-14-12(17)10-4-2-3-5-11(10)18-13/h2-5H,6-9H2,1H3. The average Bonchev–Trinajstić information content (AvgIpc) is 2.39. The molecule has 0 bridgehead atoms. The van der Waals surface area contributed by atoms with E-state index in [9.17, 15) is 4.79 Å². The third kappa shape index (κ3) is 1.97. The van der Waals surface area contributed by atoms with E-state index in [1.165, 1.54) is 0 Å². The predicted molar refractivity (Wildman–Crippen MR) is 70.0 cm³/mol. The van der Waals surface area contributed by atoms with Crippen molar-refractivity contribution in [3.63, 3.8) is 0 Å². The van der Waals surface area contributed by atoms with Crippen LogP contribution in [-0.4, -0.2) is 43.1 Å². The van der Waals surface area contributed by atoms with Gasteiger partial charge in [0, 0.05) is 26.2 Å². The minimum absolute atomic E-state index is 0.217. The van der Waals surface area contributed by atoms with Crippen LogP contribution in [0.15, 0.2) is 33.5 Å². The zero-order valence-corrected chi connectivity index (χ0v) is 10.3. The highest BCUT2D eigenvalue weighted by Gasteiger charge is 2.18. The van der Waals surface area contributed by atoms with Crippen LogP contribution in [0.4, 0.5) is 6.01 Å². The van der Waals surface area contributed by atoms with Crippen LogP contribution in [0.2, 0.25) is 0 Å². The number of fused-ring (bicyclic) bond motifs is 1. The number of piperazine rings is 1. The average molecular weight is 245 g/mol. The Morgan fingerprint density at radius 2 is 1.89 bits per heavy atom. The van der Waals surface area contributed by atoms with Crippen LogP contribution in [0.5, 0.6) is 0 Å². The Morgan fingerprint density at radius 3 is 2.67 bits per heavy atom. The predicted octanol–water partition coefficient (Wildman–Crippen LogP) is 0.940. The molecule has 94 valence electrons. The Balaban J connectivity index is 2.00. The van der Waals surface area contributed by atoms with Crippen LogP contribution in [0, 0.1) is 0 Å². The largest absolute Gasteiger partial charge is 0.425 e. The molecule has 2 aromatic rings. The van der Waals surface area contributed by atoms with E-state index in [-0.39, 0.29) is 5.56 Å². The van der Waals surface area contributed by atoms with Crippen LogP contribution in [-0.2, 0) is 0 Å². The topological polar surface area (TPSA) is 49.6 Å². The molecule has 0 saturated carbocycles. The number of para-hydroxylation sites is 1. The van der Waals surface area contributed by atoms with Gasteiger partial charge in [-0.2, -0.15) is 4.98 Å². The highest BCUT2D eigenvalue weighted by molar-refractivity contribution is 5.75. The molecule has 0 N–H and O–H groups in total. The molecule has 3 rings (SSSR count). The second-order valence-electron chi connectivity index (χ2n) is 4.59. The summed E-state index contributed by atoms with van der Waals surface area (Å²) >= 11 is 0. The molecule has 0 amide bonds. The van der Waals surface area contributed by atoms with Gasteiger partial charge in [-0.3, -0.25) is 4.79 Å². The molecule has 1 aromatic carbocycles. The number of rotatable bonds is 1. The maximum atomic E-state index is 11.9. The van der Waals surface area contributed by atoms with E-state index in [0.717, 1.165) is 26.2 Å². The molecule has 0 unspecified atom stereocenters. The SMILES string of the molecule is CN1CCN(c2nc(=O)c3ccccc3o2)CC1. The molecule has 18 heavy (non-hydrogen) atoms. The van der Waals surface area contributed by atoms with Gasteiger partial charge in [0.2, 0.25) is 0 Å². The first kappa shape index (κ1) is 11.2. The summed E-state index contributed by atoms with van der Waals surface area (Å²) in [6, 6.07) is 7.65. The molecular weight excluding hydrogens is 230 g/mol. The summed E-state index contributed by atoms with van der Waals surface area (Å²) < 4.78 is 5.71. The highest BCUT2D eigenvalue weighted by Crippen LogP contribution is 2.17. The van der Waals surface area contributed by atoms with Crippen molar-refractivity contribution in [2.24, 2.45) is 0 Å². The molecule has 1 aliphatic rings. The smallest absolute Gasteiger partial charge is 0.301 e.